The summed E-state index contributed by atoms with van der Waals surface area (Å²) in [5.74, 6) is 0. The standard InChI is InChI=1S/C52H33N.H2S/c53-37-28-26-33(27-29-37)32-22-24-36(25-23-32)40-30-31-47-48-41(40)20-9-21-46(48)51-49(42-18-7-12-34-10-1-3-14-38(34)42)44-16-5-6-17-45(44)50(52(47)51)43-19-8-13-35-11-2-4-15-39(35)43;/h1-31H,53H2;1H2. The molecule has 0 aromatic heterocycles. The van der Waals surface area contributed by atoms with Crippen molar-refractivity contribution in [1.82, 2.24) is 0 Å². The first-order valence-corrected chi connectivity index (χ1v) is 18.3. The van der Waals surface area contributed by atoms with Gasteiger partial charge in [-0.15, -0.1) is 0 Å². The Morgan fingerprint density at radius 2 is 0.648 bits per heavy atom. The third kappa shape index (κ3) is 4.74. The number of fused-ring (bicyclic) bond motifs is 6. The summed E-state index contributed by atoms with van der Waals surface area (Å²) in [6, 6.07) is 68.9. The molecule has 1 aliphatic carbocycles. The van der Waals surface area contributed by atoms with Crippen molar-refractivity contribution >= 4 is 62.3 Å². The molecule has 2 heteroatoms. The molecule has 0 spiro atoms. The number of rotatable bonds is 4. The molecule has 11 rings (SSSR count). The molecule has 10 aromatic rings. The Kier molecular flexibility index (Phi) is 7.43. The van der Waals surface area contributed by atoms with Gasteiger partial charge in [0.2, 0.25) is 0 Å². The highest BCUT2D eigenvalue weighted by molar-refractivity contribution is 7.59. The minimum Gasteiger partial charge on any atom is -0.399 e. The topological polar surface area (TPSA) is 26.0 Å². The fraction of sp³-hybridized carbons (Fsp3) is 0. The van der Waals surface area contributed by atoms with E-state index in [-0.39, 0.29) is 13.5 Å². The van der Waals surface area contributed by atoms with Gasteiger partial charge in [-0.2, -0.15) is 13.5 Å². The van der Waals surface area contributed by atoms with Crippen LogP contribution in [-0.4, -0.2) is 0 Å². The molecule has 1 aliphatic rings. The molecule has 10 aromatic carbocycles. The minimum absolute atomic E-state index is 0. The van der Waals surface area contributed by atoms with Crippen molar-refractivity contribution in [2.75, 3.05) is 5.73 Å². The van der Waals surface area contributed by atoms with Crippen LogP contribution in [-0.2, 0) is 0 Å². The molecule has 1 nitrogen and oxygen atoms in total. The summed E-state index contributed by atoms with van der Waals surface area (Å²) in [5, 5.41) is 10.2. The van der Waals surface area contributed by atoms with Crippen LogP contribution >= 0.6 is 13.5 Å². The van der Waals surface area contributed by atoms with E-state index in [1.54, 1.807) is 0 Å². The van der Waals surface area contributed by atoms with Crippen molar-refractivity contribution in [3.05, 3.63) is 188 Å². The average Bonchev–Trinajstić information content (AvgIpc) is 3.55. The maximum atomic E-state index is 5.98. The fourth-order valence-corrected chi connectivity index (χ4v) is 9.02. The second-order valence-electron chi connectivity index (χ2n) is 14.2. The molecular weight excluding hydrogens is 671 g/mol. The highest BCUT2D eigenvalue weighted by Crippen LogP contribution is 2.59. The van der Waals surface area contributed by atoms with Crippen molar-refractivity contribution in [3.63, 3.8) is 0 Å². The Bertz CT molecular complexity index is 2960. The van der Waals surface area contributed by atoms with Crippen LogP contribution < -0.4 is 5.73 Å². The molecule has 0 saturated carbocycles. The van der Waals surface area contributed by atoms with Gasteiger partial charge < -0.3 is 5.73 Å². The summed E-state index contributed by atoms with van der Waals surface area (Å²) in [5.41, 5.74) is 21.9. The third-order valence-electron chi connectivity index (χ3n) is 11.4. The lowest BCUT2D eigenvalue weighted by Crippen LogP contribution is -1.94. The normalized spacial score (nSPS) is 11.6. The highest BCUT2D eigenvalue weighted by atomic mass is 32.1. The molecule has 0 radical (unpaired) electrons. The van der Waals surface area contributed by atoms with Crippen LogP contribution in [0.3, 0.4) is 0 Å². The van der Waals surface area contributed by atoms with Gasteiger partial charge in [-0.3, -0.25) is 0 Å². The quantitative estimate of drug-likeness (QED) is 0.181. The zero-order chi connectivity index (χ0) is 35.0. The summed E-state index contributed by atoms with van der Waals surface area (Å²) in [7, 11) is 0. The van der Waals surface area contributed by atoms with Crippen molar-refractivity contribution in [1.29, 1.82) is 0 Å². The first-order chi connectivity index (χ1) is 26.2. The second-order valence-corrected chi connectivity index (χ2v) is 14.2. The summed E-state index contributed by atoms with van der Waals surface area (Å²) in [6.45, 7) is 0. The van der Waals surface area contributed by atoms with Crippen LogP contribution in [0.1, 0.15) is 0 Å². The Morgan fingerprint density at radius 3 is 1.22 bits per heavy atom. The van der Waals surface area contributed by atoms with Gasteiger partial charge in [0.15, 0.2) is 0 Å². The van der Waals surface area contributed by atoms with E-state index in [0.29, 0.717) is 0 Å². The van der Waals surface area contributed by atoms with Crippen LogP contribution in [0.4, 0.5) is 5.69 Å². The van der Waals surface area contributed by atoms with Crippen LogP contribution in [0.2, 0.25) is 0 Å². The lowest BCUT2D eigenvalue weighted by atomic mass is 9.81. The third-order valence-corrected chi connectivity index (χ3v) is 11.4. The molecular formula is C52H35NS. The average molecular weight is 706 g/mol. The first-order valence-electron chi connectivity index (χ1n) is 18.3. The number of benzene rings is 10. The van der Waals surface area contributed by atoms with E-state index in [9.17, 15) is 0 Å². The van der Waals surface area contributed by atoms with Gasteiger partial charge in [0, 0.05) is 5.69 Å². The van der Waals surface area contributed by atoms with Crippen LogP contribution in [0.25, 0.3) is 110 Å². The second kappa shape index (κ2) is 12.5. The van der Waals surface area contributed by atoms with E-state index in [2.05, 4.69) is 176 Å². The van der Waals surface area contributed by atoms with E-state index in [4.69, 9.17) is 5.73 Å². The van der Waals surface area contributed by atoms with Gasteiger partial charge in [0.05, 0.1) is 0 Å². The van der Waals surface area contributed by atoms with E-state index in [1.807, 2.05) is 12.1 Å². The maximum Gasteiger partial charge on any atom is 0.0314 e. The molecule has 54 heavy (non-hydrogen) atoms. The Morgan fingerprint density at radius 1 is 0.259 bits per heavy atom. The first kappa shape index (κ1) is 32.1. The molecule has 0 aliphatic heterocycles. The smallest absolute Gasteiger partial charge is 0.0314 e. The Balaban J connectivity index is 0.00000361. The summed E-state index contributed by atoms with van der Waals surface area (Å²) >= 11 is 0. The Labute approximate surface area is 321 Å². The van der Waals surface area contributed by atoms with Crippen molar-refractivity contribution in [2.24, 2.45) is 0 Å². The number of hydrogen-bond donors (Lipinski definition) is 1. The van der Waals surface area contributed by atoms with E-state index in [1.165, 1.54) is 104 Å². The molecule has 0 bridgehead atoms. The molecule has 2 N–H and O–H groups in total. The predicted molar refractivity (Wildman–Crippen MR) is 237 cm³/mol. The lowest BCUT2D eigenvalue weighted by molar-refractivity contribution is 1.60. The van der Waals surface area contributed by atoms with E-state index >= 15 is 0 Å². The zero-order valence-corrected chi connectivity index (χ0v) is 30.5. The van der Waals surface area contributed by atoms with Crippen molar-refractivity contribution in [3.8, 4) is 66.8 Å². The molecule has 0 saturated heterocycles. The van der Waals surface area contributed by atoms with Crippen molar-refractivity contribution in [2.45, 2.75) is 0 Å². The summed E-state index contributed by atoms with van der Waals surface area (Å²) in [4.78, 5) is 0. The van der Waals surface area contributed by atoms with Gasteiger partial charge in [-0.05, 0) is 122 Å². The highest BCUT2D eigenvalue weighted by Gasteiger charge is 2.32. The molecule has 0 unspecified atom stereocenters. The maximum absolute atomic E-state index is 5.98. The Hall–Kier alpha value is -6.61. The number of nitrogens with two attached hydrogens (primary N) is 1. The number of nitrogen functional groups attached to an aromatic ring is 1. The summed E-state index contributed by atoms with van der Waals surface area (Å²) < 4.78 is 0. The van der Waals surface area contributed by atoms with Gasteiger partial charge >= 0.3 is 0 Å². The van der Waals surface area contributed by atoms with Crippen LogP contribution in [0, 0.1) is 0 Å². The molecule has 0 fully saturated rings. The predicted octanol–water partition coefficient (Wildman–Crippen LogP) is 14.3. The molecule has 0 atom stereocenters. The molecule has 254 valence electrons. The van der Waals surface area contributed by atoms with Crippen LogP contribution in [0.15, 0.2) is 188 Å². The monoisotopic (exact) mass is 705 g/mol. The largest absolute Gasteiger partial charge is 0.399 e. The summed E-state index contributed by atoms with van der Waals surface area (Å²) in [6.07, 6.45) is 0. The SMILES string of the molecule is Nc1ccc(-c2ccc(-c3ccc4c5c(cccc35)-c3c-4c(-c4cccc5ccccc45)c4ccccc4c3-c3cccc4ccccc34)cc2)cc1.S. The van der Waals surface area contributed by atoms with Crippen molar-refractivity contribution < 1.29 is 0 Å². The van der Waals surface area contributed by atoms with Crippen LogP contribution in [0.5, 0.6) is 0 Å². The van der Waals surface area contributed by atoms with E-state index < -0.39 is 0 Å². The number of hydrogen-bond acceptors (Lipinski definition) is 1. The van der Waals surface area contributed by atoms with Gasteiger partial charge in [-0.25, -0.2) is 0 Å². The number of anilines is 1. The lowest BCUT2D eigenvalue weighted by Gasteiger charge is -2.22. The molecule has 0 heterocycles. The zero-order valence-electron chi connectivity index (χ0n) is 29.5. The van der Waals surface area contributed by atoms with Gasteiger partial charge in [0.1, 0.15) is 0 Å². The van der Waals surface area contributed by atoms with Gasteiger partial charge in [0.25, 0.3) is 0 Å². The van der Waals surface area contributed by atoms with Gasteiger partial charge in [-0.1, -0.05) is 176 Å². The molecule has 0 amide bonds. The minimum atomic E-state index is 0. The fourth-order valence-electron chi connectivity index (χ4n) is 9.02. The van der Waals surface area contributed by atoms with E-state index in [0.717, 1.165) is 11.3 Å².